The Morgan fingerprint density at radius 3 is 1.69 bits per heavy atom. The molecule has 0 bridgehead atoms. The van der Waals surface area contributed by atoms with Crippen LogP contribution in [0.4, 0.5) is 0 Å². The molecule has 2 rings (SSSR count). The first kappa shape index (κ1) is 32.2. The van der Waals surface area contributed by atoms with E-state index in [0.29, 0.717) is 12.2 Å². The van der Waals surface area contributed by atoms with Gasteiger partial charge in [0.1, 0.15) is 17.1 Å². The van der Waals surface area contributed by atoms with E-state index >= 15 is 0 Å². The maximum Gasteiger partial charge on any atom is 0.313 e. The van der Waals surface area contributed by atoms with Crippen LogP contribution in [0.25, 0.3) is 0 Å². The summed E-state index contributed by atoms with van der Waals surface area (Å²) in [6, 6.07) is 14.3. The fourth-order valence-corrected chi connectivity index (χ4v) is 3.15. The highest BCUT2D eigenvalue weighted by atomic mass is 16.6. The van der Waals surface area contributed by atoms with E-state index in [4.69, 9.17) is 9.47 Å². The summed E-state index contributed by atoms with van der Waals surface area (Å²) in [7, 11) is 0. The van der Waals surface area contributed by atoms with Crippen molar-refractivity contribution in [3.8, 4) is 11.5 Å². The van der Waals surface area contributed by atoms with E-state index in [9.17, 15) is 14.7 Å². The zero-order chi connectivity index (χ0) is 27.2. The molecule has 0 aromatic heterocycles. The first-order valence-electron chi connectivity index (χ1n) is 12.7. The lowest BCUT2D eigenvalue weighted by atomic mass is 9.73. The van der Waals surface area contributed by atoms with Crippen molar-refractivity contribution < 1.29 is 24.2 Å². The molecule has 0 aliphatic rings. The first-order chi connectivity index (χ1) is 16.3. The summed E-state index contributed by atoms with van der Waals surface area (Å²) in [6.45, 7) is 19.4. The zero-order valence-corrected chi connectivity index (χ0v) is 23.4. The van der Waals surface area contributed by atoms with Gasteiger partial charge in [-0.25, -0.2) is 0 Å². The van der Waals surface area contributed by atoms with Crippen LogP contribution in [-0.2, 0) is 19.7 Å². The first-order valence-corrected chi connectivity index (χ1v) is 12.7. The fourth-order valence-electron chi connectivity index (χ4n) is 3.15. The third-order valence-electron chi connectivity index (χ3n) is 4.93. The van der Waals surface area contributed by atoms with Gasteiger partial charge in [-0.3, -0.25) is 9.59 Å². The predicted molar refractivity (Wildman–Crippen MR) is 144 cm³/mol. The van der Waals surface area contributed by atoms with E-state index < -0.39 is 11.0 Å². The van der Waals surface area contributed by atoms with Crippen molar-refractivity contribution in [3.05, 3.63) is 59.7 Å². The van der Waals surface area contributed by atoms with E-state index in [0.717, 1.165) is 11.1 Å². The lowest BCUT2D eigenvalue weighted by molar-refractivity contribution is -0.155. The number of aromatic hydroxyl groups is 1. The summed E-state index contributed by atoms with van der Waals surface area (Å²) < 4.78 is 10.8. The van der Waals surface area contributed by atoms with Crippen molar-refractivity contribution in [2.24, 2.45) is 5.92 Å². The lowest BCUT2D eigenvalue weighted by Crippen LogP contribution is -2.28. The second-order valence-electron chi connectivity index (χ2n) is 9.77. The van der Waals surface area contributed by atoms with Crippen molar-refractivity contribution in [1.29, 1.82) is 0 Å². The molecule has 5 nitrogen and oxygen atoms in total. The second kappa shape index (κ2) is 15.2. The fraction of sp³-hybridized carbons (Fsp3) is 0.533. The molecule has 1 atom stereocenters. The van der Waals surface area contributed by atoms with Gasteiger partial charge in [-0.1, -0.05) is 79.2 Å². The van der Waals surface area contributed by atoms with Gasteiger partial charge in [0.25, 0.3) is 0 Å². The highest BCUT2D eigenvalue weighted by Gasteiger charge is 2.31. The van der Waals surface area contributed by atoms with Gasteiger partial charge in [-0.05, 0) is 62.6 Å². The number of hydrogen-bond donors (Lipinski definition) is 1. The molecule has 1 unspecified atom stereocenters. The van der Waals surface area contributed by atoms with Crippen molar-refractivity contribution in [1.82, 2.24) is 0 Å². The van der Waals surface area contributed by atoms with Gasteiger partial charge < -0.3 is 14.6 Å². The summed E-state index contributed by atoms with van der Waals surface area (Å²) in [5, 5.41) is 9.68. The van der Waals surface area contributed by atoms with E-state index in [1.807, 2.05) is 58.9 Å². The Morgan fingerprint density at radius 2 is 1.29 bits per heavy atom. The third kappa shape index (κ3) is 11.4. The quantitative estimate of drug-likeness (QED) is 0.319. The van der Waals surface area contributed by atoms with Crippen molar-refractivity contribution in [2.75, 3.05) is 0 Å². The average molecular weight is 487 g/mol. The van der Waals surface area contributed by atoms with Crippen molar-refractivity contribution >= 4 is 11.9 Å². The smallest absolute Gasteiger partial charge is 0.313 e. The Labute approximate surface area is 212 Å². The van der Waals surface area contributed by atoms with Crippen LogP contribution in [0.2, 0.25) is 0 Å². The molecule has 5 heteroatoms. The number of hydrogen-bond acceptors (Lipinski definition) is 5. The molecule has 35 heavy (non-hydrogen) atoms. The molecule has 196 valence electrons. The SMILES string of the molecule is CC.CC(C)C(=O)Oc1ccc(C(C)(CCC(=O)OC(C)(C)C)c2ccc(O)cc2)cc1.CCC. The average Bonchev–Trinajstić information content (AvgIpc) is 2.79. The number of rotatable bonds is 7. The Kier molecular flexibility index (Phi) is 14.0. The normalized spacial score (nSPS) is 12.3. The number of esters is 2. The molecular formula is C30H46O5. The summed E-state index contributed by atoms with van der Waals surface area (Å²) in [5.41, 5.74) is 0.913. The van der Waals surface area contributed by atoms with Crippen LogP contribution in [0.5, 0.6) is 11.5 Å². The maximum absolute atomic E-state index is 12.3. The van der Waals surface area contributed by atoms with Crippen molar-refractivity contribution in [2.45, 2.75) is 99.5 Å². The van der Waals surface area contributed by atoms with Gasteiger partial charge in [-0.15, -0.1) is 0 Å². The lowest BCUT2D eigenvalue weighted by Gasteiger charge is -2.31. The molecular weight excluding hydrogens is 440 g/mol. The Morgan fingerprint density at radius 1 is 0.857 bits per heavy atom. The maximum atomic E-state index is 12.3. The number of benzene rings is 2. The van der Waals surface area contributed by atoms with Gasteiger partial charge in [0, 0.05) is 11.8 Å². The van der Waals surface area contributed by atoms with Crippen LogP contribution in [0, 0.1) is 5.92 Å². The van der Waals surface area contributed by atoms with Crippen LogP contribution in [0.3, 0.4) is 0 Å². The Hall–Kier alpha value is -2.82. The van der Waals surface area contributed by atoms with E-state index in [1.54, 1.807) is 38.1 Å². The molecule has 0 radical (unpaired) electrons. The number of ether oxygens (including phenoxy) is 2. The molecule has 0 heterocycles. The molecule has 2 aromatic carbocycles. The number of phenolic OH excluding ortho intramolecular Hbond substituents is 1. The summed E-state index contributed by atoms with van der Waals surface area (Å²) in [5.74, 6) is -0.0773. The van der Waals surface area contributed by atoms with Crippen LogP contribution in [0.1, 0.15) is 99.6 Å². The highest BCUT2D eigenvalue weighted by Crippen LogP contribution is 2.38. The third-order valence-corrected chi connectivity index (χ3v) is 4.93. The highest BCUT2D eigenvalue weighted by molar-refractivity contribution is 5.74. The second-order valence-corrected chi connectivity index (χ2v) is 9.77. The number of phenols is 1. The molecule has 0 aliphatic heterocycles. The van der Waals surface area contributed by atoms with Crippen molar-refractivity contribution in [3.63, 3.8) is 0 Å². The Balaban J connectivity index is 0.00000214. The minimum atomic E-state index is -0.534. The van der Waals surface area contributed by atoms with Crippen LogP contribution in [0.15, 0.2) is 48.5 Å². The predicted octanol–water partition coefficient (Wildman–Crippen LogP) is 7.82. The van der Waals surface area contributed by atoms with E-state index in [2.05, 4.69) is 20.8 Å². The molecule has 2 aromatic rings. The van der Waals surface area contributed by atoms with E-state index in [-0.39, 0.29) is 30.0 Å². The minimum absolute atomic E-state index is 0.184. The summed E-state index contributed by atoms with van der Waals surface area (Å²) in [4.78, 5) is 24.2. The van der Waals surface area contributed by atoms with Crippen LogP contribution in [-0.4, -0.2) is 22.6 Å². The van der Waals surface area contributed by atoms with Crippen LogP contribution < -0.4 is 4.74 Å². The van der Waals surface area contributed by atoms with Gasteiger partial charge in [0.2, 0.25) is 0 Å². The minimum Gasteiger partial charge on any atom is -0.508 e. The summed E-state index contributed by atoms with van der Waals surface area (Å²) >= 11 is 0. The molecule has 0 aliphatic carbocycles. The molecule has 0 fully saturated rings. The van der Waals surface area contributed by atoms with Gasteiger partial charge in [-0.2, -0.15) is 0 Å². The summed E-state index contributed by atoms with van der Waals surface area (Å²) in [6.07, 6.45) is 2.02. The molecule has 0 spiro atoms. The number of carbonyl (C=O) groups excluding carboxylic acids is 2. The van der Waals surface area contributed by atoms with Gasteiger partial charge in [0.05, 0.1) is 5.92 Å². The standard InChI is InChI=1S/C25H32O5.C3H8.C2H6/c1-17(2)23(28)29-21-13-9-19(10-14-21)25(6,18-7-11-20(26)12-8-18)16-15-22(27)30-24(3,4)5;1-3-2;1-2/h7-14,17,26H,15-16H2,1-6H3;3H2,1-2H3;1-2H3. The largest absolute Gasteiger partial charge is 0.508 e. The number of carbonyl (C=O) groups is 2. The topological polar surface area (TPSA) is 72.8 Å². The molecule has 0 saturated heterocycles. The van der Waals surface area contributed by atoms with Gasteiger partial charge >= 0.3 is 11.9 Å². The van der Waals surface area contributed by atoms with E-state index in [1.165, 1.54) is 6.42 Å². The zero-order valence-electron chi connectivity index (χ0n) is 23.4. The molecule has 0 saturated carbocycles. The molecule has 1 N–H and O–H groups in total. The molecule has 0 amide bonds. The van der Waals surface area contributed by atoms with Gasteiger partial charge in [0.15, 0.2) is 0 Å². The van der Waals surface area contributed by atoms with Crippen LogP contribution >= 0.6 is 0 Å². The monoisotopic (exact) mass is 486 g/mol. The Bertz CT molecular complexity index is 876.